The number of nitrogens with one attached hydrogen (secondary N) is 1. The van der Waals surface area contributed by atoms with Crippen molar-refractivity contribution < 1.29 is 4.79 Å². The summed E-state index contributed by atoms with van der Waals surface area (Å²) in [6, 6.07) is 4.40. The summed E-state index contributed by atoms with van der Waals surface area (Å²) < 4.78 is 0. The molecule has 1 aromatic heterocycles. The lowest BCUT2D eigenvalue weighted by Gasteiger charge is -2.24. The zero-order valence-corrected chi connectivity index (χ0v) is 10.0. The lowest BCUT2D eigenvalue weighted by atomic mass is 9.94. The Kier molecular flexibility index (Phi) is 2.69. The Morgan fingerprint density at radius 1 is 1.50 bits per heavy atom. The van der Waals surface area contributed by atoms with Crippen LogP contribution < -0.4 is 5.32 Å². The Morgan fingerprint density at radius 3 is 3.19 bits per heavy atom. The summed E-state index contributed by atoms with van der Waals surface area (Å²) in [5.74, 6) is 0.892. The average molecular weight is 236 g/mol. The zero-order chi connectivity index (χ0) is 11.0. The van der Waals surface area contributed by atoms with E-state index in [9.17, 15) is 4.79 Å². The maximum absolute atomic E-state index is 12.2. The van der Waals surface area contributed by atoms with E-state index in [1.807, 2.05) is 22.4 Å². The van der Waals surface area contributed by atoms with Crippen LogP contribution >= 0.6 is 11.3 Å². The predicted octanol–water partition coefficient (Wildman–Crippen LogP) is 1.57. The molecular formula is C12H16N2OS. The number of carbonyl (C=O) groups is 1. The summed E-state index contributed by atoms with van der Waals surface area (Å²) in [6.45, 7) is 2.94. The van der Waals surface area contributed by atoms with Gasteiger partial charge in [-0.05, 0) is 36.8 Å². The molecule has 1 aromatic rings. The summed E-state index contributed by atoms with van der Waals surface area (Å²) in [6.07, 6.45) is 2.52. The number of hydrogen-bond acceptors (Lipinski definition) is 3. The Labute approximate surface area is 99.5 Å². The molecule has 1 amide bonds. The van der Waals surface area contributed by atoms with E-state index < -0.39 is 0 Å². The molecule has 3 nitrogen and oxygen atoms in total. The summed E-state index contributed by atoms with van der Waals surface area (Å²) in [7, 11) is 0. The standard InChI is InChI=1S/C12H16N2OS/c15-12(11-4-2-6-16-11)14-7-9-3-1-5-13-10(9)8-14/h2,4,6,9-10,13H,1,3,5,7-8H2/t9-,10+/m0/s1. The molecule has 0 radical (unpaired) electrons. The second-order valence-electron chi connectivity index (χ2n) is 4.65. The van der Waals surface area contributed by atoms with Gasteiger partial charge in [-0.1, -0.05) is 6.07 Å². The molecule has 0 bridgehead atoms. The van der Waals surface area contributed by atoms with Gasteiger partial charge in [0.05, 0.1) is 4.88 Å². The average Bonchev–Trinajstić information content (AvgIpc) is 2.97. The first-order valence-electron chi connectivity index (χ1n) is 5.91. The van der Waals surface area contributed by atoms with Gasteiger partial charge in [-0.15, -0.1) is 11.3 Å². The fourth-order valence-electron chi connectivity index (χ4n) is 2.77. The number of carbonyl (C=O) groups excluding carboxylic acids is 1. The van der Waals surface area contributed by atoms with Gasteiger partial charge in [-0.25, -0.2) is 0 Å². The minimum absolute atomic E-state index is 0.214. The number of likely N-dealkylation sites (tertiary alicyclic amines) is 1. The predicted molar refractivity (Wildman–Crippen MR) is 64.7 cm³/mol. The second-order valence-corrected chi connectivity index (χ2v) is 5.60. The quantitative estimate of drug-likeness (QED) is 0.803. The molecular weight excluding hydrogens is 220 g/mol. The van der Waals surface area contributed by atoms with Crippen molar-refractivity contribution in [3.05, 3.63) is 22.4 Å². The molecule has 0 saturated carbocycles. The van der Waals surface area contributed by atoms with Gasteiger partial charge >= 0.3 is 0 Å². The molecule has 2 aliphatic rings. The van der Waals surface area contributed by atoms with Gasteiger partial charge in [0, 0.05) is 19.1 Å². The van der Waals surface area contributed by atoms with Gasteiger partial charge < -0.3 is 10.2 Å². The van der Waals surface area contributed by atoms with Crippen molar-refractivity contribution in [1.82, 2.24) is 10.2 Å². The molecule has 0 aromatic carbocycles. The summed E-state index contributed by atoms with van der Waals surface area (Å²) in [5, 5.41) is 5.49. The van der Waals surface area contributed by atoms with Gasteiger partial charge in [0.2, 0.25) is 0 Å². The number of hydrogen-bond donors (Lipinski definition) is 1. The Bertz CT molecular complexity index is 362. The molecule has 2 fully saturated rings. The summed E-state index contributed by atoms with van der Waals surface area (Å²) in [5.41, 5.74) is 0. The smallest absolute Gasteiger partial charge is 0.263 e. The van der Waals surface area contributed by atoms with Gasteiger partial charge in [0.1, 0.15) is 0 Å². The molecule has 3 rings (SSSR count). The van der Waals surface area contributed by atoms with Crippen LogP contribution in [0.15, 0.2) is 17.5 Å². The molecule has 0 aliphatic carbocycles. The van der Waals surface area contributed by atoms with Crippen molar-refractivity contribution in [3.8, 4) is 0 Å². The monoisotopic (exact) mass is 236 g/mol. The summed E-state index contributed by atoms with van der Waals surface area (Å²) in [4.78, 5) is 15.0. The van der Waals surface area contributed by atoms with E-state index >= 15 is 0 Å². The van der Waals surface area contributed by atoms with Crippen LogP contribution in [0.1, 0.15) is 22.5 Å². The van der Waals surface area contributed by atoms with E-state index in [1.54, 1.807) is 0 Å². The topological polar surface area (TPSA) is 32.3 Å². The van der Waals surface area contributed by atoms with Crippen LogP contribution in [0.2, 0.25) is 0 Å². The molecule has 2 atom stereocenters. The fourth-order valence-corrected chi connectivity index (χ4v) is 3.46. The van der Waals surface area contributed by atoms with Crippen LogP contribution in [-0.2, 0) is 0 Å². The number of rotatable bonds is 1. The molecule has 2 saturated heterocycles. The summed E-state index contributed by atoms with van der Waals surface area (Å²) >= 11 is 1.54. The van der Waals surface area contributed by atoms with Crippen LogP contribution in [0.3, 0.4) is 0 Å². The second kappa shape index (κ2) is 4.18. The van der Waals surface area contributed by atoms with Crippen LogP contribution in [0.25, 0.3) is 0 Å². The van der Waals surface area contributed by atoms with E-state index in [-0.39, 0.29) is 5.91 Å². The van der Waals surface area contributed by atoms with Gasteiger partial charge in [0.15, 0.2) is 0 Å². The molecule has 3 heterocycles. The highest BCUT2D eigenvalue weighted by molar-refractivity contribution is 7.12. The first-order chi connectivity index (χ1) is 7.84. The van der Waals surface area contributed by atoms with E-state index in [1.165, 1.54) is 24.2 Å². The highest BCUT2D eigenvalue weighted by Crippen LogP contribution is 2.26. The third-order valence-electron chi connectivity index (χ3n) is 3.62. The third-order valence-corrected chi connectivity index (χ3v) is 4.48. The first kappa shape index (κ1) is 10.3. The largest absolute Gasteiger partial charge is 0.336 e. The fraction of sp³-hybridized carbons (Fsp3) is 0.583. The minimum Gasteiger partial charge on any atom is -0.336 e. The lowest BCUT2D eigenvalue weighted by Crippen LogP contribution is -2.41. The normalized spacial score (nSPS) is 29.1. The molecule has 0 spiro atoms. The van der Waals surface area contributed by atoms with Gasteiger partial charge in [0.25, 0.3) is 5.91 Å². The van der Waals surface area contributed by atoms with E-state index in [4.69, 9.17) is 0 Å². The maximum atomic E-state index is 12.2. The number of piperidine rings is 1. The first-order valence-corrected chi connectivity index (χ1v) is 6.79. The van der Waals surface area contributed by atoms with Crippen LogP contribution in [0.4, 0.5) is 0 Å². The van der Waals surface area contributed by atoms with Crippen molar-refractivity contribution in [3.63, 3.8) is 0 Å². The van der Waals surface area contributed by atoms with E-state index in [2.05, 4.69) is 5.32 Å². The Morgan fingerprint density at radius 2 is 2.44 bits per heavy atom. The van der Waals surface area contributed by atoms with Crippen molar-refractivity contribution in [2.24, 2.45) is 5.92 Å². The molecule has 16 heavy (non-hydrogen) atoms. The van der Waals surface area contributed by atoms with Crippen LogP contribution in [-0.4, -0.2) is 36.5 Å². The maximum Gasteiger partial charge on any atom is 0.263 e. The van der Waals surface area contributed by atoms with Crippen LogP contribution in [0.5, 0.6) is 0 Å². The highest BCUT2D eigenvalue weighted by atomic mass is 32.1. The van der Waals surface area contributed by atoms with Gasteiger partial charge in [-0.2, -0.15) is 0 Å². The number of thiophene rings is 1. The van der Waals surface area contributed by atoms with Crippen molar-refractivity contribution >= 4 is 17.2 Å². The van der Waals surface area contributed by atoms with Crippen molar-refractivity contribution in [1.29, 1.82) is 0 Å². The number of amides is 1. The van der Waals surface area contributed by atoms with Crippen LogP contribution in [0, 0.1) is 5.92 Å². The third kappa shape index (κ3) is 1.76. The number of nitrogens with zero attached hydrogens (tertiary/aromatic N) is 1. The Balaban J connectivity index is 1.71. The molecule has 86 valence electrons. The SMILES string of the molecule is O=C(c1cccs1)N1C[C@@H]2CCCN[C@@H]2C1. The van der Waals surface area contributed by atoms with Gasteiger partial charge in [-0.3, -0.25) is 4.79 Å². The van der Waals surface area contributed by atoms with Crippen molar-refractivity contribution in [2.75, 3.05) is 19.6 Å². The van der Waals surface area contributed by atoms with E-state index in [0.29, 0.717) is 12.0 Å². The Hall–Kier alpha value is -0.870. The number of fused-ring (bicyclic) bond motifs is 1. The lowest BCUT2D eigenvalue weighted by molar-refractivity contribution is 0.0790. The highest BCUT2D eigenvalue weighted by Gasteiger charge is 2.36. The zero-order valence-electron chi connectivity index (χ0n) is 9.19. The van der Waals surface area contributed by atoms with Crippen molar-refractivity contribution in [2.45, 2.75) is 18.9 Å². The minimum atomic E-state index is 0.214. The molecule has 1 N–H and O–H groups in total. The molecule has 4 heteroatoms. The molecule has 0 unspecified atom stereocenters. The van der Waals surface area contributed by atoms with E-state index in [0.717, 1.165) is 24.5 Å². The molecule has 2 aliphatic heterocycles.